The molecule has 5 heteroatoms. The van der Waals surface area contributed by atoms with Crippen molar-refractivity contribution in [2.24, 2.45) is 11.3 Å². The molecule has 0 saturated carbocycles. The van der Waals surface area contributed by atoms with E-state index in [0.29, 0.717) is 13.0 Å². The predicted octanol–water partition coefficient (Wildman–Crippen LogP) is 2.09. The number of nitrogens with one attached hydrogen (secondary N) is 1. The second-order valence-corrected chi connectivity index (χ2v) is 5.74. The summed E-state index contributed by atoms with van der Waals surface area (Å²) in [5, 5.41) is 8.76. The Bertz CT molecular complexity index is 440. The lowest BCUT2D eigenvalue weighted by Gasteiger charge is -2.30. The summed E-state index contributed by atoms with van der Waals surface area (Å²) in [7, 11) is 0. The Hall–Kier alpha value is -1.52. The van der Waals surface area contributed by atoms with Crippen molar-refractivity contribution in [1.82, 2.24) is 9.55 Å². The second-order valence-electron chi connectivity index (χ2n) is 5.74. The molecule has 1 unspecified atom stereocenters. The first-order chi connectivity index (χ1) is 8.30. The Morgan fingerprint density at radius 3 is 2.56 bits per heavy atom. The highest BCUT2D eigenvalue weighted by atomic mass is 16.4. The van der Waals surface area contributed by atoms with E-state index in [9.17, 15) is 9.59 Å². The summed E-state index contributed by atoms with van der Waals surface area (Å²) in [5.74, 6) is -0.474. The largest absolute Gasteiger partial charge is 0.481 e. The van der Waals surface area contributed by atoms with Crippen molar-refractivity contribution in [2.45, 2.75) is 46.6 Å². The van der Waals surface area contributed by atoms with Crippen LogP contribution in [0.2, 0.25) is 0 Å². The molecule has 0 aromatic carbocycles. The third-order valence-electron chi connectivity index (χ3n) is 3.37. The Balaban J connectivity index is 2.59. The molecule has 0 bridgehead atoms. The van der Waals surface area contributed by atoms with Crippen molar-refractivity contribution in [2.75, 3.05) is 0 Å². The zero-order valence-electron chi connectivity index (χ0n) is 11.3. The summed E-state index contributed by atoms with van der Waals surface area (Å²) in [5.41, 5.74) is -0.0593. The zero-order chi connectivity index (χ0) is 13.8. The molecule has 1 heterocycles. The molecule has 1 atom stereocenters. The van der Waals surface area contributed by atoms with Gasteiger partial charge in [0.15, 0.2) is 0 Å². The molecule has 102 valence electrons. The third-order valence-corrected chi connectivity index (χ3v) is 3.37. The van der Waals surface area contributed by atoms with Crippen molar-refractivity contribution >= 4 is 5.97 Å². The number of aromatic nitrogens is 2. The molecule has 1 aromatic heterocycles. The van der Waals surface area contributed by atoms with Crippen LogP contribution in [0.3, 0.4) is 0 Å². The van der Waals surface area contributed by atoms with Gasteiger partial charge in [0.25, 0.3) is 0 Å². The van der Waals surface area contributed by atoms with Gasteiger partial charge in [-0.3, -0.25) is 9.36 Å². The maximum absolute atomic E-state index is 11.4. The molecule has 1 aromatic rings. The molecule has 1 rings (SSSR count). The number of imidazole rings is 1. The number of H-pyrrole nitrogens is 1. The lowest BCUT2D eigenvalue weighted by molar-refractivity contribution is -0.137. The van der Waals surface area contributed by atoms with Gasteiger partial charge in [0, 0.05) is 25.4 Å². The minimum absolute atomic E-state index is 0.0510. The van der Waals surface area contributed by atoms with Gasteiger partial charge in [-0.05, 0) is 24.2 Å². The molecule has 0 amide bonds. The van der Waals surface area contributed by atoms with Gasteiger partial charge < -0.3 is 10.1 Å². The number of aryl methyl sites for hydroxylation is 1. The molecule has 0 saturated heterocycles. The van der Waals surface area contributed by atoms with Gasteiger partial charge in [0.05, 0.1) is 0 Å². The van der Waals surface area contributed by atoms with Crippen LogP contribution in [0.5, 0.6) is 0 Å². The summed E-state index contributed by atoms with van der Waals surface area (Å²) in [6, 6.07) is 0. The number of carboxylic acid groups (broad SMARTS) is 1. The topological polar surface area (TPSA) is 75.1 Å². The van der Waals surface area contributed by atoms with Crippen LogP contribution >= 0.6 is 0 Å². The fourth-order valence-electron chi connectivity index (χ4n) is 2.13. The molecular weight excluding hydrogens is 232 g/mol. The molecule has 0 aliphatic rings. The van der Waals surface area contributed by atoms with Crippen molar-refractivity contribution < 1.29 is 9.90 Å². The van der Waals surface area contributed by atoms with E-state index in [-0.39, 0.29) is 23.4 Å². The van der Waals surface area contributed by atoms with Crippen LogP contribution in [0.15, 0.2) is 17.2 Å². The minimum atomic E-state index is -0.761. The lowest BCUT2D eigenvalue weighted by atomic mass is 9.76. The molecule has 0 aliphatic heterocycles. The molecular formula is C13H22N2O3. The Morgan fingerprint density at radius 2 is 2.11 bits per heavy atom. The number of aliphatic carboxylic acids is 1. The van der Waals surface area contributed by atoms with Crippen LogP contribution in [0, 0.1) is 11.3 Å². The van der Waals surface area contributed by atoms with Gasteiger partial charge in [-0.15, -0.1) is 0 Å². The van der Waals surface area contributed by atoms with E-state index < -0.39 is 5.97 Å². The number of aromatic amines is 1. The highest BCUT2D eigenvalue weighted by Crippen LogP contribution is 2.32. The Morgan fingerprint density at radius 1 is 1.44 bits per heavy atom. The van der Waals surface area contributed by atoms with Gasteiger partial charge in [0.1, 0.15) is 0 Å². The molecule has 18 heavy (non-hydrogen) atoms. The summed E-state index contributed by atoms with van der Waals surface area (Å²) in [6.07, 6.45) is 4.99. The van der Waals surface area contributed by atoms with Crippen LogP contribution in [0.4, 0.5) is 0 Å². The smallest absolute Gasteiger partial charge is 0.325 e. The van der Waals surface area contributed by atoms with Gasteiger partial charge in [-0.25, -0.2) is 4.79 Å². The number of rotatable bonds is 6. The average molecular weight is 254 g/mol. The number of hydrogen-bond donors (Lipinski definition) is 2. The van der Waals surface area contributed by atoms with Crippen molar-refractivity contribution in [3.63, 3.8) is 0 Å². The highest BCUT2D eigenvalue weighted by Gasteiger charge is 2.24. The van der Waals surface area contributed by atoms with Crippen molar-refractivity contribution in [3.05, 3.63) is 22.9 Å². The van der Waals surface area contributed by atoms with Crippen LogP contribution in [0.25, 0.3) is 0 Å². The van der Waals surface area contributed by atoms with Gasteiger partial charge in [-0.2, -0.15) is 0 Å². The summed E-state index contributed by atoms with van der Waals surface area (Å²) in [4.78, 5) is 24.6. The first-order valence-electron chi connectivity index (χ1n) is 6.26. The molecule has 0 aliphatic carbocycles. The van der Waals surface area contributed by atoms with E-state index in [1.54, 1.807) is 17.0 Å². The zero-order valence-corrected chi connectivity index (χ0v) is 11.3. The SMILES string of the molecule is CC(C)(C)C(CCC(=O)O)CCn1cc[nH]c1=O. The number of carbonyl (C=O) groups is 1. The number of hydrogen-bond acceptors (Lipinski definition) is 2. The normalized spacial score (nSPS) is 13.5. The van der Waals surface area contributed by atoms with E-state index in [1.165, 1.54) is 0 Å². The Labute approximate surface area is 107 Å². The number of carboxylic acids is 1. The van der Waals surface area contributed by atoms with Crippen LogP contribution < -0.4 is 5.69 Å². The highest BCUT2D eigenvalue weighted by molar-refractivity contribution is 5.66. The standard InChI is InChI=1S/C13H22N2O3/c1-13(2,3)10(4-5-11(16)17)6-8-15-9-7-14-12(15)18/h7,9-10H,4-6,8H2,1-3H3,(H,14,18)(H,16,17). The second kappa shape index (κ2) is 5.89. The fourth-order valence-corrected chi connectivity index (χ4v) is 2.13. The van der Waals surface area contributed by atoms with E-state index in [1.807, 2.05) is 0 Å². The third kappa shape index (κ3) is 4.39. The lowest BCUT2D eigenvalue weighted by Crippen LogP contribution is -2.25. The molecule has 0 fully saturated rings. The summed E-state index contributed by atoms with van der Waals surface area (Å²) < 4.78 is 1.62. The maximum atomic E-state index is 11.4. The molecule has 0 radical (unpaired) electrons. The maximum Gasteiger partial charge on any atom is 0.325 e. The first-order valence-corrected chi connectivity index (χ1v) is 6.26. The molecule has 0 spiro atoms. The minimum Gasteiger partial charge on any atom is -0.481 e. The number of nitrogens with zero attached hydrogens (tertiary/aromatic N) is 1. The van der Waals surface area contributed by atoms with E-state index >= 15 is 0 Å². The molecule has 5 nitrogen and oxygen atoms in total. The van der Waals surface area contributed by atoms with Crippen LogP contribution in [0.1, 0.15) is 40.0 Å². The first kappa shape index (κ1) is 14.5. The van der Waals surface area contributed by atoms with Crippen LogP contribution in [-0.2, 0) is 11.3 Å². The summed E-state index contributed by atoms with van der Waals surface area (Å²) >= 11 is 0. The van der Waals surface area contributed by atoms with Crippen molar-refractivity contribution in [1.29, 1.82) is 0 Å². The average Bonchev–Trinajstić information content (AvgIpc) is 2.61. The summed E-state index contributed by atoms with van der Waals surface area (Å²) in [6.45, 7) is 6.96. The van der Waals surface area contributed by atoms with Gasteiger partial charge >= 0.3 is 11.7 Å². The molecule has 2 N–H and O–H groups in total. The quantitative estimate of drug-likeness (QED) is 0.816. The Kier molecular flexibility index (Phi) is 4.76. The van der Waals surface area contributed by atoms with Gasteiger partial charge in [0.2, 0.25) is 0 Å². The monoisotopic (exact) mass is 254 g/mol. The fraction of sp³-hybridized carbons (Fsp3) is 0.692. The van der Waals surface area contributed by atoms with E-state index in [2.05, 4.69) is 25.8 Å². The van der Waals surface area contributed by atoms with Gasteiger partial charge in [-0.1, -0.05) is 20.8 Å². The van der Waals surface area contributed by atoms with Crippen molar-refractivity contribution in [3.8, 4) is 0 Å². The van der Waals surface area contributed by atoms with E-state index in [4.69, 9.17) is 5.11 Å². The van der Waals surface area contributed by atoms with E-state index in [0.717, 1.165) is 6.42 Å². The predicted molar refractivity (Wildman–Crippen MR) is 69.5 cm³/mol. The van der Waals surface area contributed by atoms with Crippen LogP contribution in [-0.4, -0.2) is 20.6 Å².